The van der Waals surface area contributed by atoms with Crippen LogP contribution in [0.1, 0.15) is 18.1 Å². The van der Waals surface area contributed by atoms with E-state index in [4.69, 9.17) is 5.11 Å². The van der Waals surface area contributed by atoms with Gasteiger partial charge in [-0.15, -0.1) is 0 Å². The largest absolute Gasteiger partial charge is 0.396 e. The Morgan fingerprint density at radius 3 is 2.53 bits per heavy atom. The Kier molecular flexibility index (Phi) is 9.27. The van der Waals surface area contributed by atoms with Crippen LogP contribution < -0.4 is 0 Å². The van der Waals surface area contributed by atoms with E-state index in [-0.39, 0.29) is 12.4 Å². The molecule has 104 valence electrons. The molecule has 0 radical (unpaired) electrons. The lowest BCUT2D eigenvalue weighted by Crippen LogP contribution is -1.92. The molecule has 0 saturated carbocycles. The highest BCUT2D eigenvalue weighted by molar-refractivity contribution is 5.23. The highest BCUT2D eigenvalue weighted by Gasteiger charge is 1.97. The van der Waals surface area contributed by atoms with Gasteiger partial charge in [-0.3, -0.25) is 0 Å². The summed E-state index contributed by atoms with van der Waals surface area (Å²) in [6.45, 7) is 6.70. The van der Waals surface area contributed by atoms with E-state index in [0.29, 0.717) is 12.0 Å². The molecule has 0 aliphatic rings. The van der Waals surface area contributed by atoms with Crippen LogP contribution in [0.2, 0.25) is 0 Å². The van der Waals surface area contributed by atoms with E-state index in [1.165, 1.54) is 12.1 Å². The highest BCUT2D eigenvalue weighted by atomic mass is 19.1. The maximum absolute atomic E-state index is 12.8. The molecule has 0 spiro atoms. The van der Waals surface area contributed by atoms with Crippen LogP contribution in [0.15, 0.2) is 54.9 Å². The van der Waals surface area contributed by atoms with Crippen molar-refractivity contribution in [3.63, 3.8) is 0 Å². The standard InChI is InChI=1S/C9H11FO.C7H9F/c1-7-2-3-8(4-5-11)6-9(7)10;1-3-4-5-6-7(2)8/h2-3,6,11H,4-5H2,1H3;3-6H,2H2,1H3/b;4-3-,6-5-. The van der Waals surface area contributed by atoms with Crippen molar-refractivity contribution >= 4 is 0 Å². The lowest BCUT2D eigenvalue weighted by molar-refractivity contribution is 0.299. The summed E-state index contributed by atoms with van der Waals surface area (Å²) in [6, 6.07) is 5.01. The molecule has 0 unspecified atom stereocenters. The first-order chi connectivity index (χ1) is 9.01. The van der Waals surface area contributed by atoms with Crippen LogP contribution in [0, 0.1) is 12.7 Å². The van der Waals surface area contributed by atoms with E-state index < -0.39 is 5.83 Å². The molecule has 0 heterocycles. The molecule has 0 aromatic heterocycles. The summed E-state index contributed by atoms with van der Waals surface area (Å²) in [5, 5.41) is 8.56. The molecule has 0 fully saturated rings. The predicted octanol–water partition coefficient (Wildman–Crippen LogP) is 4.27. The lowest BCUT2D eigenvalue weighted by Gasteiger charge is -1.99. The van der Waals surface area contributed by atoms with Crippen molar-refractivity contribution in [1.82, 2.24) is 0 Å². The van der Waals surface area contributed by atoms with Crippen LogP contribution in [0.25, 0.3) is 0 Å². The summed E-state index contributed by atoms with van der Waals surface area (Å²) in [4.78, 5) is 0. The normalized spacial score (nSPS) is 10.6. The first-order valence-corrected chi connectivity index (χ1v) is 6.01. The van der Waals surface area contributed by atoms with E-state index in [1.54, 1.807) is 25.1 Å². The summed E-state index contributed by atoms with van der Waals surface area (Å²) in [7, 11) is 0. The second kappa shape index (κ2) is 10.2. The lowest BCUT2D eigenvalue weighted by atomic mass is 10.1. The molecule has 1 rings (SSSR count). The molecule has 1 N–H and O–H groups in total. The topological polar surface area (TPSA) is 20.2 Å². The van der Waals surface area contributed by atoms with Crippen molar-refractivity contribution in [2.45, 2.75) is 20.3 Å². The number of halogens is 2. The summed E-state index contributed by atoms with van der Waals surface area (Å²) in [5.74, 6) is -0.612. The van der Waals surface area contributed by atoms with Gasteiger partial charge >= 0.3 is 0 Å². The minimum Gasteiger partial charge on any atom is -0.396 e. The zero-order valence-corrected chi connectivity index (χ0v) is 11.4. The first kappa shape index (κ1) is 17.3. The van der Waals surface area contributed by atoms with Gasteiger partial charge in [0.25, 0.3) is 0 Å². The number of hydrogen-bond acceptors (Lipinski definition) is 1. The molecule has 1 nitrogen and oxygen atoms in total. The molecule has 19 heavy (non-hydrogen) atoms. The molecule has 1 aromatic carbocycles. The fourth-order valence-corrected chi connectivity index (χ4v) is 1.19. The van der Waals surface area contributed by atoms with Crippen LogP contribution in [0.3, 0.4) is 0 Å². The molecular formula is C16H20F2O. The van der Waals surface area contributed by atoms with Crippen LogP contribution in [0.4, 0.5) is 8.78 Å². The number of aliphatic hydroxyl groups excluding tert-OH is 1. The van der Waals surface area contributed by atoms with Gasteiger partial charge in [-0.1, -0.05) is 36.9 Å². The van der Waals surface area contributed by atoms with Gasteiger partial charge in [0.2, 0.25) is 0 Å². The Morgan fingerprint density at radius 1 is 1.37 bits per heavy atom. The fraction of sp³-hybridized carbons (Fsp3) is 0.250. The van der Waals surface area contributed by atoms with Crippen molar-refractivity contribution in [3.05, 3.63) is 71.9 Å². The number of allylic oxidation sites excluding steroid dienone is 5. The molecule has 3 heteroatoms. The minimum atomic E-state index is -0.414. The van der Waals surface area contributed by atoms with Crippen molar-refractivity contribution in [2.24, 2.45) is 0 Å². The van der Waals surface area contributed by atoms with Crippen molar-refractivity contribution in [1.29, 1.82) is 0 Å². The summed E-state index contributed by atoms with van der Waals surface area (Å²) >= 11 is 0. The first-order valence-electron chi connectivity index (χ1n) is 6.01. The van der Waals surface area contributed by atoms with Crippen LogP contribution in [-0.4, -0.2) is 11.7 Å². The van der Waals surface area contributed by atoms with Gasteiger partial charge in [0.1, 0.15) is 11.6 Å². The molecule has 1 aromatic rings. The number of rotatable bonds is 4. The molecule has 0 saturated heterocycles. The summed E-state index contributed by atoms with van der Waals surface area (Å²) in [5.41, 5.74) is 1.49. The third kappa shape index (κ3) is 8.91. The summed E-state index contributed by atoms with van der Waals surface area (Å²) < 4.78 is 24.5. The zero-order valence-electron chi connectivity index (χ0n) is 11.4. The van der Waals surface area contributed by atoms with Crippen LogP contribution in [0.5, 0.6) is 0 Å². The SMILES string of the molecule is C=C(F)/C=C\C=C/C.Cc1ccc(CCO)cc1F. The maximum atomic E-state index is 12.8. The van der Waals surface area contributed by atoms with Gasteiger partial charge in [-0.2, -0.15) is 0 Å². The van der Waals surface area contributed by atoms with E-state index in [1.807, 2.05) is 19.1 Å². The third-order valence-corrected chi connectivity index (χ3v) is 2.22. The van der Waals surface area contributed by atoms with Gasteiger partial charge in [-0.05, 0) is 43.5 Å². The zero-order chi connectivity index (χ0) is 14.7. The quantitative estimate of drug-likeness (QED) is 0.807. The highest BCUT2D eigenvalue weighted by Crippen LogP contribution is 2.09. The fourth-order valence-electron chi connectivity index (χ4n) is 1.19. The van der Waals surface area contributed by atoms with E-state index >= 15 is 0 Å². The molecule has 0 amide bonds. The van der Waals surface area contributed by atoms with Crippen LogP contribution >= 0.6 is 0 Å². The van der Waals surface area contributed by atoms with Gasteiger partial charge in [0.15, 0.2) is 0 Å². The monoisotopic (exact) mass is 266 g/mol. The van der Waals surface area contributed by atoms with Gasteiger partial charge in [-0.25, -0.2) is 8.78 Å². The Bertz CT molecular complexity index is 448. The average molecular weight is 266 g/mol. The summed E-state index contributed by atoms with van der Waals surface area (Å²) in [6.07, 6.45) is 6.99. The number of benzene rings is 1. The number of aliphatic hydroxyl groups is 1. The van der Waals surface area contributed by atoms with Crippen molar-refractivity contribution < 1.29 is 13.9 Å². The van der Waals surface area contributed by atoms with Crippen molar-refractivity contribution in [3.8, 4) is 0 Å². The minimum absolute atomic E-state index is 0.0719. The Balaban J connectivity index is 0.000000362. The Hall–Kier alpha value is -1.74. The number of aryl methyl sites for hydroxylation is 1. The van der Waals surface area contributed by atoms with E-state index in [0.717, 1.165) is 5.56 Å². The smallest absolute Gasteiger partial charge is 0.126 e. The van der Waals surface area contributed by atoms with E-state index in [9.17, 15) is 8.78 Å². The maximum Gasteiger partial charge on any atom is 0.126 e. The van der Waals surface area contributed by atoms with Gasteiger partial charge in [0.05, 0.1) is 0 Å². The Labute approximate surface area is 113 Å². The molecular weight excluding hydrogens is 246 g/mol. The van der Waals surface area contributed by atoms with Gasteiger partial charge < -0.3 is 5.11 Å². The molecule has 0 aliphatic heterocycles. The Morgan fingerprint density at radius 2 is 2.05 bits per heavy atom. The number of hydrogen-bond donors (Lipinski definition) is 1. The van der Waals surface area contributed by atoms with Gasteiger partial charge in [0, 0.05) is 6.61 Å². The predicted molar refractivity (Wildman–Crippen MR) is 76.1 cm³/mol. The van der Waals surface area contributed by atoms with Crippen molar-refractivity contribution in [2.75, 3.05) is 6.61 Å². The average Bonchev–Trinajstić information content (AvgIpc) is 2.35. The molecule has 0 aliphatic carbocycles. The van der Waals surface area contributed by atoms with Crippen LogP contribution in [-0.2, 0) is 6.42 Å². The third-order valence-electron chi connectivity index (χ3n) is 2.22. The second-order valence-electron chi connectivity index (χ2n) is 3.89. The molecule has 0 bridgehead atoms. The molecule has 0 atom stereocenters. The van der Waals surface area contributed by atoms with E-state index in [2.05, 4.69) is 6.58 Å². The second-order valence-corrected chi connectivity index (χ2v) is 3.89.